The van der Waals surface area contributed by atoms with Crippen LogP contribution in [0.3, 0.4) is 0 Å². The molecule has 25 heavy (non-hydrogen) atoms. The largest absolute Gasteiger partial charge is 0.449 e. The quantitative estimate of drug-likeness (QED) is 0.568. The van der Waals surface area contributed by atoms with Gasteiger partial charge in [-0.3, -0.25) is 10.1 Å². The molecule has 130 valence electrons. The number of nitrogens with one attached hydrogen (secondary N) is 2. The highest BCUT2D eigenvalue weighted by molar-refractivity contribution is 5.99. The second kappa shape index (κ2) is 8.49. The molecule has 0 radical (unpaired) electrons. The Morgan fingerprint density at radius 2 is 1.68 bits per heavy atom. The molecular weight excluding hydrogens is 322 g/mol. The fraction of sp³-hybridized carbons (Fsp3) is 0.167. The summed E-state index contributed by atoms with van der Waals surface area (Å²) in [7, 11) is 0. The van der Waals surface area contributed by atoms with Crippen molar-refractivity contribution in [3.05, 3.63) is 65.7 Å². The summed E-state index contributed by atoms with van der Waals surface area (Å²) in [6.45, 7) is 1.64. The van der Waals surface area contributed by atoms with Crippen LogP contribution in [0.5, 0.6) is 0 Å². The standard InChI is InChI=1S/C18H19N3O4/c1-12(25-17(23)14-9-5-6-10-15(14)19)16(22)21-18(24)20-11-13-7-3-2-4-8-13/h2-10,12H,11,19H2,1H3,(H2,20,21,22,24)/t12-/m0/s1. The first-order valence-corrected chi connectivity index (χ1v) is 7.65. The number of esters is 1. The van der Waals surface area contributed by atoms with Crippen LogP contribution < -0.4 is 16.4 Å². The molecular formula is C18H19N3O4. The maximum atomic E-state index is 12.0. The number of urea groups is 1. The zero-order valence-corrected chi connectivity index (χ0v) is 13.7. The highest BCUT2D eigenvalue weighted by Crippen LogP contribution is 2.12. The van der Waals surface area contributed by atoms with Crippen LogP contribution in [0.2, 0.25) is 0 Å². The van der Waals surface area contributed by atoms with E-state index in [1.807, 2.05) is 30.3 Å². The second-order valence-corrected chi connectivity index (χ2v) is 5.29. The molecule has 0 saturated carbocycles. The number of nitrogens with two attached hydrogens (primary N) is 1. The first-order chi connectivity index (χ1) is 12.0. The highest BCUT2D eigenvalue weighted by Gasteiger charge is 2.21. The first kappa shape index (κ1) is 18.0. The summed E-state index contributed by atoms with van der Waals surface area (Å²) in [5.74, 6) is -1.46. The third kappa shape index (κ3) is 5.35. The minimum atomic E-state index is -1.14. The van der Waals surface area contributed by atoms with Crippen molar-refractivity contribution in [2.45, 2.75) is 19.6 Å². The predicted molar refractivity (Wildman–Crippen MR) is 92.6 cm³/mol. The van der Waals surface area contributed by atoms with E-state index in [-0.39, 0.29) is 17.8 Å². The number of imide groups is 1. The average molecular weight is 341 g/mol. The molecule has 1 atom stereocenters. The molecule has 0 aliphatic heterocycles. The lowest BCUT2D eigenvalue weighted by Crippen LogP contribution is -2.44. The lowest BCUT2D eigenvalue weighted by molar-refractivity contribution is -0.127. The number of para-hydroxylation sites is 1. The summed E-state index contributed by atoms with van der Waals surface area (Å²) in [5, 5.41) is 4.67. The van der Waals surface area contributed by atoms with Gasteiger partial charge in [-0.1, -0.05) is 42.5 Å². The molecule has 2 aromatic rings. The Bertz CT molecular complexity index is 762. The van der Waals surface area contributed by atoms with Gasteiger partial charge in [-0.25, -0.2) is 9.59 Å². The van der Waals surface area contributed by atoms with Gasteiger partial charge < -0.3 is 15.8 Å². The number of hydrogen-bond donors (Lipinski definition) is 3. The Morgan fingerprint density at radius 3 is 2.36 bits per heavy atom. The molecule has 0 fully saturated rings. The van der Waals surface area contributed by atoms with Crippen molar-refractivity contribution < 1.29 is 19.1 Å². The molecule has 0 bridgehead atoms. The number of hydrogen-bond acceptors (Lipinski definition) is 5. The molecule has 3 amide bonds. The molecule has 0 heterocycles. The fourth-order valence-corrected chi connectivity index (χ4v) is 2.00. The Morgan fingerprint density at radius 1 is 1.04 bits per heavy atom. The van der Waals surface area contributed by atoms with Gasteiger partial charge in [0.25, 0.3) is 5.91 Å². The van der Waals surface area contributed by atoms with Gasteiger partial charge in [-0.2, -0.15) is 0 Å². The summed E-state index contributed by atoms with van der Waals surface area (Å²) in [6, 6.07) is 14.9. The second-order valence-electron chi connectivity index (χ2n) is 5.29. The lowest BCUT2D eigenvalue weighted by Gasteiger charge is -2.14. The van der Waals surface area contributed by atoms with Gasteiger partial charge in [0.1, 0.15) is 0 Å². The molecule has 0 unspecified atom stereocenters. The smallest absolute Gasteiger partial charge is 0.341 e. The molecule has 0 aliphatic rings. The van der Waals surface area contributed by atoms with E-state index in [9.17, 15) is 14.4 Å². The van der Waals surface area contributed by atoms with Gasteiger partial charge in [0.2, 0.25) is 0 Å². The topological polar surface area (TPSA) is 111 Å². The van der Waals surface area contributed by atoms with E-state index in [1.165, 1.54) is 13.0 Å². The van der Waals surface area contributed by atoms with Gasteiger partial charge in [-0.05, 0) is 24.6 Å². The number of amides is 3. The summed E-state index contributed by atoms with van der Waals surface area (Å²) in [4.78, 5) is 35.7. The van der Waals surface area contributed by atoms with Crippen LogP contribution >= 0.6 is 0 Å². The first-order valence-electron chi connectivity index (χ1n) is 7.65. The predicted octanol–water partition coefficient (Wildman–Crippen LogP) is 1.84. The number of anilines is 1. The molecule has 2 aromatic carbocycles. The molecule has 2 rings (SSSR count). The van der Waals surface area contributed by atoms with Crippen LogP contribution in [0.25, 0.3) is 0 Å². The van der Waals surface area contributed by atoms with Gasteiger partial charge in [0, 0.05) is 12.2 Å². The zero-order chi connectivity index (χ0) is 18.2. The van der Waals surface area contributed by atoms with E-state index in [0.29, 0.717) is 0 Å². The van der Waals surface area contributed by atoms with Crippen molar-refractivity contribution in [1.29, 1.82) is 0 Å². The summed E-state index contributed by atoms with van der Waals surface area (Å²) >= 11 is 0. The lowest BCUT2D eigenvalue weighted by atomic mass is 10.2. The molecule has 0 aliphatic carbocycles. The number of carbonyl (C=O) groups excluding carboxylic acids is 3. The van der Waals surface area contributed by atoms with E-state index >= 15 is 0 Å². The van der Waals surface area contributed by atoms with Gasteiger partial charge in [-0.15, -0.1) is 0 Å². The number of ether oxygens (including phenoxy) is 1. The van der Waals surface area contributed by atoms with E-state index in [4.69, 9.17) is 10.5 Å². The monoisotopic (exact) mass is 341 g/mol. The van der Waals surface area contributed by atoms with E-state index in [1.54, 1.807) is 18.2 Å². The number of rotatable bonds is 5. The molecule has 7 heteroatoms. The van der Waals surface area contributed by atoms with Crippen LogP contribution in [0.4, 0.5) is 10.5 Å². The maximum Gasteiger partial charge on any atom is 0.341 e. The Kier molecular flexibility index (Phi) is 6.11. The summed E-state index contributed by atoms with van der Waals surface area (Å²) in [5.41, 5.74) is 6.99. The normalized spacial score (nSPS) is 11.2. The van der Waals surface area contributed by atoms with Gasteiger partial charge in [0.15, 0.2) is 6.10 Å². The number of benzene rings is 2. The molecule has 0 saturated heterocycles. The van der Waals surface area contributed by atoms with Crippen LogP contribution in [0.15, 0.2) is 54.6 Å². The minimum Gasteiger partial charge on any atom is -0.449 e. The van der Waals surface area contributed by atoms with Crippen LogP contribution in [0.1, 0.15) is 22.8 Å². The van der Waals surface area contributed by atoms with Crippen molar-refractivity contribution in [3.63, 3.8) is 0 Å². The average Bonchev–Trinajstić information content (AvgIpc) is 2.61. The van der Waals surface area contributed by atoms with Crippen molar-refractivity contribution in [1.82, 2.24) is 10.6 Å². The Labute approximate surface area is 145 Å². The summed E-state index contributed by atoms with van der Waals surface area (Å²) in [6.07, 6.45) is -1.14. The maximum absolute atomic E-state index is 12.0. The Balaban J connectivity index is 1.82. The van der Waals surface area contributed by atoms with Crippen molar-refractivity contribution >= 4 is 23.6 Å². The SMILES string of the molecule is C[C@H](OC(=O)c1ccccc1N)C(=O)NC(=O)NCc1ccccc1. The van der Waals surface area contributed by atoms with E-state index in [0.717, 1.165) is 5.56 Å². The third-order valence-corrected chi connectivity index (χ3v) is 3.37. The molecule has 4 N–H and O–H groups in total. The zero-order valence-electron chi connectivity index (χ0n) is 13.7. The molecule has 0 aromatic heterocycles. The Hall–Kier alpha value is -3.35. The fourth-order valence-electron chi connectivity index (χ4n) is 2.00. The van der Waals surface area contributed by atoms with Crippen molar-refractivity contribution in [2.24, 2.45) is 0 Å². The van der Waals surface area contributed by atoms with E-state index in [2.05, 4.69) is 10.6 Å². The highest BCUT2D eigenvalue weighted by atomic mass is 16.5. The van der Waals surface area contributed by atoms with Gasteiger partial charge >= 0.3 is 12.0 Å². The third-order valence-electron chi connectivity index (χ3n) is 3.37. The molecule has 0 spiro atoms. The number of nitrogen functional groups attached to an aromatic ring is 1. The van der Waals surface area contributed by atoms with Crippen LogP contribution in [-0.4, -0.2) is 24.0 Å². The van der Waals surface area contributed by atoms with Crippen molar-refractivity contribution in [2.75, 3.05) is 5.73 Å². The van der Waals surface area contributed by atoms with E-state index < -0.39 is 24.0 Å². The minimum absolute atomic E-state index is 0.163. The molecule has 7 nitrogen and oxygen atoms in total. The van der Waals surface area contributed by atoms with Crippen LogP contribution in [-0.2, 0) is 16.1 Å². The van der Waals surface area contributed by atoms with Crippen LogP contribution in [0, 0.1) is 0 Å². The summed E-state index contributed by atoms with van der Waals surface area (Å²) < 4.78 is 5.03. The van der Waals surface area contributed by atoms with Gasteiger partial charge in [0.05, 0.1) is 5.56 Å². The number of carbonyl (C=O) groups is 3. The van der Waals surface area contributed by atoms with Crippen molar-refractivity contribution in [3.8, 4) is 0 Å².